The third kappa shape index (κ3) is 9.05. The van der Waals surface area contributed by atoms with Crippen LogP contribution in [0.5, 0.6) is 17.2 Å². The highest BCUT2D eigenvalue weighted by Crippen LogP contribution is 2.35. The molecular formula is C34H45NO4. The summed E-state index contributed by atoms with van der Waals surface area (Å²) in [5, 5.41) is 3.19. The van der Waals surface area contributed by atoms with Crippen molar-refractivity contribution in [2.75, 3.05) is 13.7 Å². The van der Waals surface area contributed by atoms with Gasteiger partial charge in [0, 0.05) is 24.4 Å². The summed E-state index contributed by atoms with van der Waals surface area (Å²) in [7, 11) is 1.70. The van der Waals surface area contributed by atoms with Crippen molar-refractivity contribution in [3.05, 3.63) is 89.5 Å². The summed E-state index contributed by atoms with van der Waals surface area (Å²) in [4.78, 5) is 13.1. The molecule has 0 aliphatic rings. The van der Waals surface area contributed by atoms with Gasteiger partial charge in [-0.05, 0) is 87.4 Å². The molecule has 0 bridgehead atoms. The Bertz CT molecular complexity index is 1150. The van der Waals surface area contributed by atoms with Crippen molar-refractivity contribution in [2.45, 2.75) is 78.4 Å². The maximum Gasteiger partial charge on any atom is 0.220 e. The van der Waals surface area contributed by atoms with Crippen LogP contribution in [0.4, 0.5) is 0 Å². The zero-order chi connectivity index (χ0) is 28.4. The minimum Gasteiger partial charge on any atom is -0.496 e. The molecule has 5 heteroatoms. The van der Waals surface area contributed by atoms with Crippen molar-refractivity contribution >= 4 is 5.91 Å². The molecule has 0 spiro atoms. The van der Waals surface area contributed by atoms with Crippen LogP contribution in [0, 0.1) is 5.92 Å². The number of carbonyl (C=O) groups excluding carboxylic acids is 1. The summed E-state index contributed by atoms with van der Waals surface area (Å²) in [6.07, 6.45) is 1.46. The average Bonchev–Trinajstić information content (AvgIpc) is 2.90. The lowest BCUT2D eigenvalue weighted by Crippen LogP contribution is -2.28. The summed E-state index contributed by atoms with van der Waals surface area (Å²) in [5.74, 6) is 3.16. The van der Waals surface area contributed by atoms with Gasteiger partial charge in [0.15, 0.2) is 0 Å². The number of amides is 1. The molecule has 0 unspecified atom stereocenters. The summed E-state index contributed by atoms with van der Waals surface area (Å²) in [6, 6.07) is 24.5. The first kappa shape index (κ1) is 30.1. The Morgan fingerprint density at radius 3 is 1.79 bits per heavy atom. The molecule has 3 rings (SSSR count). The Kier molecular flexibility index (Phi) is 11.3. The average molecular weight is 532 g/mol. The first-order valence-electron chi connectivity index (χ1n) is 14.1. The van der Waals surface area contributed by atoms with E-state index in [2.05, 4.69) is 49.5 Å². The molecule has 0 aliphatic heterocycles. The Labute approximate surface area is 234 Å². The van der Waals surface area contributed by atoms with Crippen molar-refractivity contribution in [3.63, 3.8) is 0 Å². The minimum absolute atomic E-state index is 0.0654. The van der Waals surface area contributed by atoms with Crippen LogP contribution >= 0.6 is 0 Å². The molecule has 0 saturated carbocycles. The molecule has 3 aromatic rings. The smallest absolute Gasteiger partial charge is 0.220 e. The molecule has 0 aromatic heterocycles. The first-order chi connectivity index (χ1) is 18.7. The van der Waals surface area contributed by atoms with E-state index in [1.165, 1.54) is 0 Å². The van der Waals surface area contributed by atoms with Gasteiger partial charge in [0.05, 0.1) is 19.3 Å². The molecule has 0 aliphatic carbocycles. The summed E-state index contributed by atoms with van der Waals surface area (Å²) in [5.41, 5.74) is 3.43. The maximum atomic E-state index is 13.1. The lowest BCUT2D eigenvalue weighted by Gasteiger charge is -2.23. The number of nitrogens with one attached hydrogen (secondary N) is 1. The van der Waals surface area contributed by atoms with Crippen LogP contribution < -0.4 is 19.5 Å². The predicted octanol–water partition coefficient (Wildman–Crippen LogP) is 7.74. The fourth-order valence-electron chi connectivity index (χ4n) is 4.94. The number of ether oxygens (including phenoxy) is 3. The van der Waals surface area contributed by atoms with Crippen LogP contribution in [0.15, 0.2) is 72.8 Å². The van der Waals surface area contributed by atoms with Crippen LogP contribution in [0.3, 0.4) is 0 Å². The zero-order valence-electron chi connectivity index (χ0n) is 24.6. The van der Waals surface area contributed by atoms with Crippen molar-refractivity contribution in [3.8, 4) is 17.2 Å². The third-order valence-corrected chi connectivity index (χ3v) is 6.81. The molecule has 3 aromatic carbocycles. The number of carbonyl (C=O) groups is 1. The molecule has 0 radical (unpaired) electrons. The topological polar surface area (TPSA) is 56.8 Å². The number of benzene rings is 3. The quantitative estimate of drug-likeness (QED) is 0.231. The van der Waals surface area contributed by atoms with E-state index in [1.807, 2.05) is 70.2 Å². The predicted molar refractivity (Wildman–Crippen MR) is 159 cm³/mol. The Hall–Kier alpha value is -3.47. The van der Waals surface area contributed by atoms with Crippen LogP contribution in [0.25, 0.3) is 0 Å². The van der Waals surface area contributed by atoms with Crippen molar-refractivity contribution in [1.29, 1.82) is 0 Å². The van der Waals surface area contributed by atoms with Crippen LogP contribution in [-0.2, 0) is 4.79 Å². The molecule has 210 valence electrons. The monoisotopic (exact) mass is 531 g/mol. The van der Waals surface area contributed by atoms with Gasteiger partial charge in [0.25, 0.3) is 0 Å². The van der Waals surface area contributed by atoms with Gasteiger partial charge < -0.3 is 19.5 Å². The Balaban J connectivity index is 1.69. The van der Waals surface area contributed by atoms with Crippen LogP contribution in [0.1, 0.15) is 82.9 Å². The number of para-hydroxylation sites is 1. The SMILES string of the molecule is COc1ccccc1[C@@H](CCNC(=O)C[C@@H](c1ccc(OC(C)C)cc1)C(C)C)c1ccc(OC(C)C)cc1. The second-order valence-corrected chi connectivity index (χ2v) is 11.0. The fraction of sp³-hybridized carbons (Fsp3) is 0.441. The highest BCUT2D eigenvalue weighted by atomic mass is 16.5. The van der Waals surface area contributed by atoms with Gasteiger partial charge in [0.1, 0.15) is 17.2 Å². The third-order valence-electron chi connectivity index (χ3n) is 6.81. The Morgan fingerprint density at radius 2 is 1.28 bits per heavy atom. The molecule has 0 heterocycles. The van der Waals surface area contributed by atoms with E-state index in [9.17, 15) is 4.79 Å². The van der Waals surface area contributed by atoms with E-state index < -0.39 is 0 Å². The summed E-state index contributed by atoms with van der Waals surface area (Å²) in [6.45, 7) is 13.0. The normalized spacial score (nSPS) is 12.9. The van der Waals surface area contributed by atoms with E-state index in [4.69, 9.17) is 14.2 Å². The van der Waals surface area contributed by atoms with Gasteiger partial charge in [0.2, 0.25) is 5.91 Å². The second-order valence-electron chi connectivity index (χ2n) is 11.0. The molecule has 2 atom stereocenters. The minimum atomic E-state index is 0.0654. The lowest BCUT2D eigenvalue weighted by molar-refractivity contribution is -0.121. The number of methoxy groups -OCH3 is 1. The molecule has 1 N–H and O–H groups in total. The highest BCUT2D eigenvalue weighted by molar-refractivity contribution is 5.77. The molecule has 39 heavy (non-hydrogen) atoms. The lowest BCUT2D eigenvalue weighted by atomic mass is 9.85. The van der Waals surface area contributed by atoms with Crippen LogP contribution in [-0.4, -0.2) is 31.8 Å². The summed E-state index contributed by atoms with van der Waals surface area (Å²) < 4.78 is 17.3. The molecule has 1 amide bonds. The van der Waals surface area contributed by atoms with Gasteiger partial charge in [-0.15, -0.1) is 0 Å². The molecular weight excluding hydrogens is 486 g/mol. The van der Waals surface area contributed by atoms with Gasteiger partial charge in [-0.2, -0.15) is 0 Å². The summed E-state index contributed by atoms with van der Waals surface area (Å²) >= 11 is 0. The van der Waals surface area contributed by atoms with Crippen molar-refractivity contribution in [2.24, 2.45) is 5.92 Å². The molecule has 0 fully saturated rings. The van der Waals surface area contributed by atoms with Crippen molar-refractivity contribution < 1.29 is 19.0 Å². The largest absolute Gasteiger partial charge is 0.496 e. The number of hydrogen-bond acceptors (Lipinski definition) is 4. The van der Waals surface area contributed by atoms with Gasteiger partial charge in [-0.25, -0.2) is 0 Å². The zero-order valence-corrected chi connectivity index (χ0v) is 24.6. The first-order valence-corrected chi connectivity index (χ1v) is 14.1. The number of rotatable bonds is 14. The van der Waals surface area contributed by atoms with E-state index in [1.54, 1.807) is 7.11 Å². The van der Waals surface area contributed by atoms with Crippen molar-refractivity contribution in [1.82, 2.24) is 5.32 Å². The molecule has 5 nitrogen and oxygen atoms in total. The van der Waals surface area contributed by atoms with Gasteiger partial charge in [-0.3, -0.25) is 4.79 Å². The van der Waals surface area contributed by atoms with Gasteiger partial charge >= 0.3 is 0 Å². The standard InChI is InChI=1S/C34H45NO4/c1-23(2)32(27-14-18-29(19-15-27)39-25(5)6)22-34(36)35-21-20-30(31-10-8-9-11-33(31)37-7)26-12-16-28(17-13-26)38-24(3)4/h8-19,23-25,30,32H,20-22H2,1-7H3,(H,35,36)/t30-,32+/m0/s1. The van der Waals surface area contributed by atoms with E-state index in [-0.39, 0.29) is 30.0 Å². The second kappa shape index (κ2) is 14.6. The highest BCUT2D eigenvalue weighted by Gasteiger charge is 2.22. The van der Waals surface area contributed by atoms with E-state index in [0.717, 1.165) is 40.4 Å². The van der Waals surface area contributed by atoms with E-state index in [0.29, 0.717) is 18.9 Å². The fourth-order valence-corrected chi connectivity index (χ4v) is 4.94. The maximum absolute atomic E-state index is 13.1. The molecule has 0 saturated heterocycles. The van der Waals surface area contributed by atoms with E-state index >= 15 is 0 Å². The van der Waals surface area contributed by atoms with Gasteiger partial charge in [-0.1, -0.05) is 56.3 Å². The Morgan fingerprint density at radius 1 is 0.744 bits per heavy atom. The number of hydrogen-bond donors (Lipinski definition) is 1. The van der Waals surface area contributed by atoms with Crippen LogP contribution in [0.2, 0.25) is 0 Å².